The number of nitrogens with one attached hydrogen (secondary N) is 1. The SMILES string of the molecule is CCCOc1ccccc1NC(=O)Cc1csc2nc(-c3ccccc3)cn12. The van der Waals surface area contributed by atoms with Gasteiger partial charge in [-0.2, -0.15) is 0 Å². The predicted octanol–water partition coefficient (Wildman–Crippen LogP) is 5.03. The highest BCUT2D eigenvalue weighted by Crippen LogP contribution is 2.26. The van der Waals surface area contributed by atoms with Crippen LogP contribution in [0.15, 0.2) is 66.2 Å². The molecule has 2 aromatic carbocycles. The molecule has 0 unspecified atom stereocenters. The molecule has 0 radical (unpaired) electrons. The van der Waals surface area contributed by atoms with Crippen molar-refractivity contribution in [1.29, 1.82) is 0 Å². The average molecular weight is 391 g/mol. The van der Waals surface area contributed by atoms with E-state index in [1.54, 1.807) is 0 Å². The lowest BCUT2D eigenvalue weighted by molar-refractivity contribution is -0.115. The number of fused-ring (bicyclic) bond motifs is 1. The highest BCUT2D eigenvalue weighted by Gasteiger charge is 2.14. The van der Waals surface area contributed by atoms with E-state index in [2.05, 4.69) is 17.2 Å². The molecule has 0 bridgehead atoms. The normalized spacial score (nSPS) is 10.9. The van der Waals surface area contributed by atoms with Crippen LogP contribution in [0.4, 0.5) is 5.69 Å². The van der Waals surface area contributed by atoms with Gasteiger partial charge in [-0.15, -0.1) is 11.3 Å². The van der Waals surface area contributed by atoms with Gasteiger partial charge in [-0.1, -0.05) is 49.4 Å². The molecular weight excluding hydrogens is 370 g/mol. The average Bonchev–Trinajstić information content (AvgIpc) is 3.30. The van der Waals surface area contributed by atoms with Gasteiger partial charge in [0.2, 0.25) is 5.91 Å². The fourth-order valence-electron chi connectivity index (χ4n) is 2.97. The van der Waals surface area contributed by atoms with Crippen molar-refractivity contribution in [1.82, 2.24) is 9.38 Å². The van der Waals surface area contributed by atoms with Crippen LogP contribution in [0, 0.1) is 0 Å². The number of para-hydroxylation sites is 2. The van der Waals surface area contributed by atoms with E-state index in [1.807, 2.05) is 70.6 Å². The summed E-state index contributed by atoms with van der Waals surface area (Å²) in [6.45, 7) is 2.67. The first kappa shape index (κ1) is 18.3. The molecule has 28 heavy (non-hydrogen) atoms. The molecule has 5 nitrogen and oxygen atoms in total. The first-order valence-electron chi connectivity index (χ1n) is 9.27. The standard InChI is InChI=1S/C22H21N3O2S/c1-2-12-27-20-11-7-6-10-18(20)23-21(26)13-17-15-28-22-24-19(14-25(17)22)16-8-4-3-5-9-16/h3-11,14-15H,2,12-13H2,1H3,(H,23,26). The molecule has 0 atom stereocenters. The Kier molecular flexibility index (Phi) is 5.39. The van der Waals surface area contributed by atoms with E-state index in [4.69, 9.17) is 4.74 Å². The van der Waals surface area contributed by atoms with Crippen LogP contribution < -0.4 is 10.1 Å². The van der Waals surface area contributed by atoms with Crippen molar-refractivity contribution in [3.05, 3.63) is 71.9 Å². The highest BCUT2D eigenvalue weighted by molar-refractivity contribution is 7.15. The molecule has 1 N–H and O–H groups in total. The van der Waals surface area contributed by atoms with E-state index < -0.39 is 0 Å². The third-order valence-electron chi connectivity index (χ3n) is 4.32. The van der Waals surface area contributed by atoms with Gasteiger partial charge in [-0.3, -0.25) is 9.20 Å². The number of thiazole rings is 1. The molecule has 0 saturated carbocycles. The molecule has 1 amide bonds. The van der Waals surface area contributed by atoms with Gasteiger partial charge in [0.05, 0.1) is 24.4 Å². The van der Waals surface area contributed by atoms with E-state index in [9.17, 15) is 4.79 Å². The number of carbonyl (C=O) groups is 1. The lowest BCUT2D eigenvalue weighted by atomic mass is 10.2. The topological polar surface area (TPSA) is 55.6 Å². The van der Waals surface area contributed by atoms with Gasteiger partial charge in [0.25, 0.3) is 0 Å². The number of amides is 1. The number of aromatic nitrogens is 2. The quantitative estimate of drug-likeness (QED) is 0.481. The number of anilines is 1. The predicted molar refractivity (Wildman–Crippen MR) is 113 cm³/mol. The fourth-order valence-corrected chi connectivity index (χ4v) is 3.84. The van der Waals surface area contributed by atoms with Crippen molar-refractivity contribution in [3.63, 3.8) is 0 Å². The van der Waals surface area contributed by atoms with E-state index in [0.717, 1.165) is 28.3 Å². The maximum atomic E-state index is 12.6. The zero-order valence-electron chi connectivity index (χ0n) is 15.6. The minimum absolute atomic E-state index is 0.0813. The van der Waals surface area contributed by atoms with E-state index in [-0.39, 0.29) is 12.3 Å². The summed E-state index contributed by atoms with van der Waals surface area (Å²) in [5.41, 5.74) is 3.59. The van der Waals surface area contributed by atoms with Crippen LogP contribution in [0.25, 0.3) is 16.2 Å². The third kappa shape index (κ3) is 3.92. The van der Waals surface area contributed by atoms with Crippen molar-refractivity contribution >= 4 is 27.9 Å². The van der Waals surface area contributed by atoms with Crippen LogP contribution in [0.1, 0.15) is 19.0 Å². The lowest BCUT2D eigenvalue weighted by Gasteiger charge is -2.11. The number of nitrogens with zero attached hydrogens (tertiary/aromatic N) is 2. The molecule has 0 aliphatic heterocycles. The molecule has 4 rings (SSSR count). The molecule has 0 spiro atoms. The minimum atomic E-state index is -0.0813. The monoisotopic (exact) mass is 391 g/mol. The zero-order valence-corrected chi connectivity index (χ0v) is 16.4. The van der Waals surface area contributed by atoms with Gasteiger partial charge in [0.15, 0.2) is 4.96 Å². The van der Waals surface area contributed by atoms with Crippen molar-refractivity contribution < 1.29 is 9.53 Å². The Morgan fingerprint density at radius 3 is 2.75 bits per heavy atom. The number of hydrogen-bond donors (Lipinski definition) is 1. The zero-order chi connectivity index (χ0) is 19.3. The summed E-state index contributed by atoms with van der Waals surface area (Å²) in [6, 6.07) is 17.6. The smallest absolute Gasteiger partial charge is 0.230 e. The lowest BCUT2D eigenvalue weighted by Crippen LogP contribution is -2.16. The van der Waals surface area contributed by atoms with Gasteiger partial charge in [0, 0.05) is 22.8 Å². The summed E-state index contributed by atoms with van der Waals surface area (Å²) in [4.78, 5) is 18.2. The fraction of sp³-hybridized carbons (Fsp3) is 0.182. The summed E-state index contributed by atoms with van der Waals surface area (Å²) >= 11 is 1.54. The Labute approximate surface area is 167 Å². The number of rotatable bonds is 7. The number of carbonyl (C=O) groups excluding carboxylic acids is 1. The van der Waals surface area contributed by atoms with Crippen LogP contribution >= 0.6 is 11.3 Å². The summed E-state index contributed by atoms with van der Waals surface area (Å²) < 4.78 is 7.71. The van der Waals surface area contributed by atoms with E-state index in [0.29, 0.717) is 18.0 Å². The Morgan fingerprint density at radius 2 is 1.93 bits per heavy atom. The molecule has 142 valence electrons. The van der Waals surface area contributed by atoms with Crippen molar-refractivity contribution in [2.24, 2.45) is 0 Å². The maximum absolute atomic E-state index is 12.6. The van der Waals surface area contributed by atoms with Crippen LogP contribution in [0.5, 0.6) is 5.75 Å². The van der Waals surface area contributed by atoms with E-state index in [1.165, 1.54) is 11.3 Å². The second kappa shape index (κ2) is 8.27. The molecule has 0 saturated heterocycles. The first-order chi connectivity index (χ1) is 13.7. The molecule has 0 aliphatic carbocycles. The van der Waals surface area contributed by atoms with Crippen LogP contribution in [0.3, 0.4) is 0 Å². The highest BCUT2D eigenvalue weighted by atomic mass is 32.1. The Morgan fingerprint density at radius 1 is 1.14 bits per heavy atom. The van der Waals surface area contributed by atoms with Crippen molar-refractivity contribution in [2.75, 3.05) is 11.9 Å². The number of ether oxygens (including phenoxy) is 1. The first-order valence-corrected chi connectivity index (χ1v) is 10.1. The summed E-state index contributed by atoms with van der Waals surface area (Å²) in [5.74, 6) is 0.615. The Bertz CT molecular complexity index is 1090. The van der Waals surface area contributed by atoms with Crippen LogP contribution in [-0.2, 0) is 11.2 Å². The molecular formula is C22H21N3O2S. The van der Waals surface area contributed by atoms with Crippen LogP contribution in [0.2, 0.25) is 0 Å². The molecule has 0 fully saturated rings. The Balaban J connectivity index is 1.51. The maximum Gasteiger partial charge on any atom is 0.230 e. The number of benzene rings is 2. The van der Waals surface area contributed by atoms with Gasteiger partial charge >= 0.3 is 0 Å². The van der Waals surface area contributed by atoms with Crippen LogP contribution in [-0.4, -0.2) is 21.9 Å². The second-order valence-electron chi connectivity index (χ2n) is 6.44. The molecule has 4 aromatic rings. The molecule has 2 aromatic heterocycles. The Hall–Kier alpha value is -3.12. The van der Waals surface area contributed by atoms with Gasteiger partial charge < -0.3 is 10.1 Å². The second-order valence-corrected chi connectivity index (χ2v) is 7.28. The molecule has 0 aliphatic rings. The summed E-state index contributed by atoms with van der Waals surface area (Å²) in [5, 5.41) is 4.95. The number of hydrogen-bond acceptors (Lipinski definition) is 4. The summed E-state index contributed by atoms with van der Waals surface area (Å²) in [6.07, 6.45) is 3.17. The number of imidazole rings is 1. The molecule has 2 heterocycles. The van der Waals surface area contributed by atoms with Gasteiger partial charge in [-0.05, 0) is 18.6 Å². The third-order valence-corrected chi connectivity index (χ3v) is 5.21. The van der Waals surface area contributed by atoms with Gasteiger partial charge in [0.1, 0.15) is 5.75 Å². The van der Waals surface area contributed by atoms with Crippen molar-refractivity contribution in [2.45, 2.75) is 19.8 Å². The van der Waals surface area contributed by atoms with E-state index >= 15 is 0 Å². The molecule has 6 heteroatoms. The van der Waals surface area contributed by atoms with Crippen molar-refractivity contribution in [3.8, 4) is 17.0 Å². The minimum Gasteiger partial charge on any atom is -0.491 e. The van der Waals surface area contributed by atoms with Gasteiger partial charge in [-0.25, -0.2) is 4.98 Å². The largest absolute Gasteiger partial charge is 0.491 e. The summed E-state index contributed by atoms with van der Waals surface area (Å²) in [7, 11) is 0.